The van der Waals surface area contributed by atoms with Crippen molar-refractivity contribution in [1.82, 2.24) is 29.7 Å². The highest BCUT2D eigenvalue weighted by atomic mass is 16.3. The fourth-order valence-electron chi connectivity index (χ4n) is 5.05. The molecule has 3 aromatic heterocycles. The highest BCUT2D eigenvalue weighted by Crippen LogP contribution is 2.32. The number of β-amino-alcohol motifs (C(OH)–C–C–N with tert-alkyl or cyclic N) is 1. The maximum absolute atomic E-state index is 10.4. The number of aryl methyl sites for hydroxylation is 1. The first-order valence-electron chi connectivity index (χ1n) is 11.9. The maximum atomic E-state index is 10.4. The van der Waals surface area contributed by atoms with E-state index in [0.717, 1.165) is 40.1 Å². The fraction of sp³-hybridized carbons (Fsp3) is 0.500. The van der Waals surface area contributed by atoms with Crippen LogP contribution in [0.15, 0.2) is 30.7 Å². The van der Waals surface area contributed by atoms with Crippen molar-refractivity contribution in [3.05, 3.63) is 30.7 Å². The molecule has 9 nitrogen and oxygen atoms in total. The lowest BCUT2D eigenvalue weighted by Crippen LogP contribution is -2.45. The molecule has 9 heteroatoms. The summed E-state index contributed by atoms with van der Waals surface area (Å²) in [6.07, 6.45) is 8.94. The van der Waals surface area contributed by atoms with Crippen molar-refractivity contribution >= 4 is 28.0 Å². The van der Waals surface area contributed by atoms with Crippen molar-refractivity contribution in [1.29, 1.82) is 0 Å². The zero-order valence-corrected chi connectivity index (χ0v) is 18.6. The molecule has 1 saturated heterocycles. The summed E-state index contributed by atoms with van der Waals surface area (Å²) in [6, 6.07) is 6.34. The van der Waals surface area contributed by atoms with Crippen molar-refractivity contribution in [3.8, 4) is 11.3 Å². The second-order valence-electron chi connectivity index (χ2n) is 9.44. The number of hydrogen-bond donors (Lipinski definition) is 3. The highest BCUT2D eigenvalue weighted by molar-refractivity contribution is 5.92. The van der Waals surface area contributed by atoms with Gasteiger partial charge < -0.3 is 20.1 Å². The minimum atomic E-state index is -0.604. The summed E-state index contributed by atoms with van der Waals surface area (Å²) in [4.78, 5) is 19.1. The van der Waals surface area contributed by atoms with Gasteiger partial charge in [-0.05, 0) is 30.9 Å². The molecule has 1 aromatic carbocycles. The summed E-state index contributed by atoms with van der Waals surface area (Å²) in [5, 5.41) is 25.6. The van der Waals surface area contributed by atoms with Crippen molar-refractivity contribution in [2.24, 2.45) is 11.8 Å². The maximum Gasteiger partial charge on any atom is 0.228 e. The molecule has 4 heterocycles. The Kier molecular flexibility index (Phi) is 5.22. The lowest BCUT2D eigenvalue weighted by molar-refractivity contribution is 0.0544. The quantitative estimate of drug-likeness (QED) is 0.416. The van der Waals surface area contributed by atoms with Crippen molar-refractivity contribution in [2.45, 2.75) is 44.8 Å². The Bertz CT molecular complexity index is 1280. The third kappa shape index (κ3) is 3.75. The lowest BCUT2D eigenvalue weighted by Gasteiger charge is -2.35. The van der Waals surface area contributed by atoms with E-state index in [1.165, 1.54) is 25.7 Å². The Balaban J connectivity index is 1.33. The topological polar surface area (TPSA) is 116 Å². The predicted molar refractivity (Wildman–Crippen MR) is 126 cm³/mol. The molecule has 0 spiro atoms. The number of piperidine rings is 1. The summed E-state index contributed by atoms with van der Waals surface area (Å²) in [6.45, 7) is 2.04. The van der Waals surface area contributed by atoms with Crippen molar-refractivity contribution in [3.63, 3.8) is 0 Å². The standard InChI is InChI=1S/C24H29N7O2/c32-13-17-7-8-30(12-20(17)33)24-28-21(22-23(29-24)26-14-25-22)16-4-5-19-18(10-16)11-27-31(19)9-6-15-2-1-3-15/h4-5,10-11,14-15,17,20,32-33H,1-3,6-9,12-13H2,(H,25,26,28,29)/t17-,20+/m1/s1. The summed E-state index contributed by atoms with van der Waals surface area (Å²) in [5.41, 5.74) is 4.30. The molecule has 2 atom stereocenters. The fourth-order valence-corrected chi connectivity index (χ4v) is 5.05. The molecular weight excluding hydrogens is 418 g/mol. The van der Waals surface area contributed by atoms with Gasteiger partial charge in [-0.15, -0.1) is 0 Å². The molecular formula is C24H29N7O2. The third-order valence-electron chi connectivity index (χ3n) is 7.40. The number of aliphatic hydroxyl groups excluding tert-OH is 2. The molecule has 33 heavy (non-hydrogen) atoms. The Morgan fingerprint density at radius 1 is 1.15 bits per heavy atom. The molecule has 4 aromatic rings. The second kappa shape index (κ2) is 8.39. The van der Waals surface area contributed by atoms with Crippen LogP contribution in [0, 0.1) is 11.8 Å². The van der Waals surface area contributed by atoms with Gasteiger partial charge in [0.1, 0.15) is 11.2 Å². The summed E-state index contributed by atoms with van der Waals surface area (Å²) in [7, 11) is 0. The largest absolute Gasteiger partial charge is 0.396 e. The SMILES string of the molecule is OC[C@H]1CCN(c2nc(-c3ccc4c(cnn4CCC4CCC4)c3)c3[nH]cnc3n2)C[C@@H]1O. The van der Waals surface area contributed by atoms with Crippen LogP contribution in [0.25, 0.3) is 33.3 Å². The first kappa shape index (κ1) is 20.6. The van der Waals surface area contributed by atoms with E-state index in [4.69, 9.17) is 4.98 Å². The summed E-state index contributed by atoms with van der Waals surface area (Å²) in [5.74, 6) is 1.31. The lowest BCUT2D eigenvalue weighted by atomic mass is 9.83. The first-order valence-corrected chi connectivity index (χ1v) is 11.9. The van der Waals surface area contributed by atoms with Crippen LogP contribution in [-0.4, -0.2) is 65.7 Å². The Morgan fingerprint density at radius 2 is 2.06 bits per heavy atom. The number of hydrogen-bond acceptors (Lipinski definition) is 7. The van der Waals surface area contributed by atoms with Gasteiger partial charge >= 0.3 is 0 Å². The van der Waals surface area contributed by atoms with Crippen LogP contribution in [0.4, 0.5) is 5.95 Å². The van der Waals surface area contributed by atoms with Crippen LogP contribution in [0.2, 0.25) is 0 Å². The Labute approximate surface area is 191 Å². The van der Waals surface area contributed by atoms with E-state index in [-0.39, 0.29) is 12.5 Å². The molecule has 0 amide bonds. The van der Waals surface area contributed by atoms with Gasteiger partial charge in [0.15, 0.2) is 5.65 Å². The van der Waals surface area contributed by atoms with Gasteiger partial charge in [0.2, 0.25) is 5.95 Å². The van der Waals surface area contributed by atoms with Crippen LogP contribution in [0.5, 0.6) is 0 Å². The molecule has 2 fully saturated rings. The predicted octanol–water partition coefficient (Wildman–Crippen LogP) is 2.74. The van der Waals surface area contributed by atoms with Crippen molar-refractivity contribution in [2.75, 3.05) is 24.6 Å². The molecule has 0 radical (unpaired) electrons. The average Bonchev–Trinajstić information content (AvgIpc) is 3.44. The van der Waals surface area contributed by atoms with E-state index >= 15 is 0 Å². The van der Waals surface area contributed by atoms with E-state index < -0.39 is 6.10 Å². The van der Waals surface area contributed by atoms with Gasteiger partial charge in [0.05, 0.1) is 24.1 Å². The number of fused-ring (bicyclic) bond motifs is 2. The molecule has 2 aliphatic rings. The number of aromatic amines is 1. The smallest absolute Gasteiger partial charge is 0.228 e. The van der Waals surface area contributed by atoms with E-state index in [2.05, 4.69) is 42.9 Å². The highest BCUT2D eigenvalue weighted by Gasteiger charge is 2.29. The van der Waals surface area contributed by atoms with Gasteiger partial charge in [-0.25, -0.2) is 9.97 Å². The molecule has 6 rings (SSSR count). The van der Waals surface area contributed by atoms with E-state index in [9.17, 15) is 10.2 Å². The van der Waals surface area contributed by atoms with Gasteiger partial charge in [-0.2, -0.15) is 10.1 Å². The van der Waals surface area contributed by atoms with Gasteiger partial charge in [0, 0.05) is 43.1 Å². The second-order valence-corrected chi connectivity index (χ2v) is 9.44. The zero-order valence-electron chi connectivity index (χ0n) is 18.6. The van der Waals surface area contributed by atoms with Crippen LogP contribution >= 0.6 is 0 Å². The average molecular weight is 448 g/mol. The molecule has 0 unspecified atom stereocenters. The van der Waals surface area contributed by atoms with E-state index in [1.807, 2.05) is 11.1 Å². The summed E-state index contributed by atoms with van der Waals surface area (Å²) < 4.78 is 2.11. The number of aliphatic hydroxyl groups is 2. The molecule has 0 bridgehead atoms. The minimum Gasteiger partial charge on any atom is -0.396 e. The van der Waals surface area contributed by atoms with Gasteiger partial charge in [-0.3, -0.25) is 4.68 Å². The number of H-pyrrole nitrogens is 1. The zero-order chi connectivity index (χ0) is 22.4. The Hall–Kier alpha value is -3.04. The number of benzene rings is 1. The third-order valence-corrected chi connectivity index (χ3v) is 7.40. The molecule has 1 saturated carbocycles. The minimum absolute atomic E-state index is 0.00608. The number of aromatic nitrogens is 6. The van der Waals surface area contributed by atoms with Crippen LogP contribution in [0.3, 0.4) is 0 Å². The first-order chi connectivity index (χ1) is 16.2. The van der Waals surface area contributed by atoms with Crippen LogP contribution in [0.1, 0.15) is 32.1 Å². The van der Waals surface area contributed by atoms with Gasteiger partial charge in [-0.1, -0.05) is 25.3 Å². The van der Waals surface area contributed by atoms with E-state index in [1.54, 1.807) is 6.33 Å². The monoisotopic (exact) mass is 447 g/mol. The van der Waals surface area contributed by atoms with Gasteiger partial charge in [0.25, 0.3) is 0 Å². The molecule has 172 valence electrons. The van der Waals surface area contributed by atoms with E-state index in [0.29, 0.717) is 31.1 Å². The molecule has 3 N–H and O–H groups in total. The van der Waals surface area contributed by atoms with Crippen molar-refractivity contribution < 1.29 is 10.2 Å². The van der Waals surface area contributed by atoms with Crippen LogP contribution in [-0.2, 0) is 6.54 Å². The molecule has 1 aliphatic carbocycles. The Morgan fingerprint density at radius 3 is 2.85 bits per heavy atom. The van der Waals surface area contributed by atoms with Crippen LogP contribution < -0.4 is 4.90 Å². The molecule has 1 aliphatic heterocycles. The number of anilines is 1. The normalized spacial score (nSPS) is 21.7. The number of nitrogens with one attached hydrogen (secondary N) is 1. The number of imidazole rings is 1. The number of rotatable bonds is 6. The number of nitrogens with zero attached hydrogens (tertiary/aromatic N) is 6. The summed E-state index contributed by atoms with van der Waals surface area (Å²) >= 11 is 0.